The summed E-state index contributed by atoms with van der Waals surface area (Å²) in [6.07, 6.45) is 12.0. The second kappa shape index (κ2) is 5.58. The molecular weight excluding hydrogens is 248 g/mol. The molecule has 0 radical (unpaired) electrons. The molecule has 0 amide bonds. The van der Waals surface area contributed by atoms with Gasteiger partial charge in [-0.05, 0) is 72.0 Å². The largest absolute Gasteiger partial charge is 0.375 e. The van der Waals surface area contributed by atoms with Gasteiger partial charge < -0.3 is 15.0 Å². The van der Waals surface area contributed by atoms with E-state index in [1.165, 1.54) is 57.8 Å². The summed E-state index contributed by atoms with van der Waals surface area (Å²) in [5, 5.41) is 3.72. The maximum absolute atomic E-state index is 6.14. The molecule has 20 heavy (non-hydrogen) atoms. The molecule has 3 aliphatic rings. The third-order valence-electron chi connectivity index (χ3n) is 6.52. The van der Waals surface area contributed by atoms with Crippen LogP contribution in [0.1, 0.15) is 57.8 Å². The van der Waals surface area contributed by atoms with Gasteiger partial charge in [0.25, 0.3) is 0 Å². The van der Waals surface area contributed by atoms with E-state index in [-0.39, 0.29) is 5.60 Å². The summed E-state index contributed by atoms with van der Waals surface area (Å²) in [5.74, 6) is 0.787. The summed E-state index contributed by atoms with van der Waals surface area (Å²) < 4.78 is 6.14. The van der Waals surface area contributed by atoms with Gasteiger partial charge in [0.1, 0.15) is 0 Å². The number of hydrogen-bond donors (Lipinski definition) is 1. The van der Waals surface area contributed by atoms with Crippen molar-refractivity contribution in [2.24, 2.45) is 5.92 Å². The summed E-state index contributed by atoms with van der Waals surface area (Å²) in [6.45, 7) is 0.979. The first-order valence-electron chi connectivity index (χ1n) is 8.61. The van der Waals surface area contributed by atoms with Gasteiger partial charge in [0.2, 0.25) is 0 Å². The summed E-state index contributed by atoms with van der Waals surface area (Å²) >= 11 is 0. The number of ether oxygens (including phenoxy) is 1. The van der Waals surface area contributed by atoms with Crippen LogP contribution in [0.4, 0.5) is 0 Å². The Kier molecular flexibility index (Phi) is 4.13. The van der Waals surface area contributed by atoms with E-state index >= 15 is 0 Å². The van der Waals surface area contributed by atoms with Crippen molar-refractivity contribution in [2.75, 3.05) is 27.7 Å². The molecular formula is C17H32N2O. The summed E-state index contributed by atoms with van der Waals surface area (Å²) in [5.41, 5.74) is 0.645. The normalized spacial score (nSPS) is 33.3. The predicted molar refractivity (Wildman–Crippen MR) is 83.0 cm³/mol. The van der Waals surface area contributed by atoms with Crippen molar-refractivity contribution in [2.45, 2.75) is 75.0 Å². The average Bonchev–Trinajstić information content (AvgIpc) is 2.89. The van der Waals surface area contributed by atoms with Crippen LogP contribution in [0.2, 0.25) is 0 Å². The fourth-order valence-corrected chi connectivity index (χ4v) is 5.24. The second-order valence-electron chi connectivity index (χ2n) is 7.61. The first-order chi connectivity index (χ1) is 9.62. The zero-order valence-electron chi connectivity index (χ0n) is 13.6. The maximum atomic E-state index is 6.14. The van der Waals surface area contributed by atoms with E-state index in [2.05, 4.69) is 31.4 Å². The van der Waals surface area contributed by atoms with Crippen LogP contribution in [0, 0.1) is 5.92 Å². The minimum absolute atomic E-state index is 0.268. The Morgan fingerprint density at radius 1 is 1.10 bits per heavy atom. The van der Waals surface area contributed by atoms with Crippen molar-refractivity contribution < 1.29 is 4.74 Å². The average molecular weight is 280 g/mol. The Bertz CT molecular complexity index is 332. The van der Waals surface area contributed by atoms with Gasteiger partial charge >= 0.3 is 0 Å². The maximum Gasteiger partial charge on any atom is 0.0685 e. The molecule has 0 aromatic heterocycles. The lowest BCUT2D eigenvalue weighted by molar-refractivity contribution is -0.152. The Balaban J connectivity index is 1.78. The lowest BCUT2D eigenvalue weighted by Gasteiger charge is -2.53. The Hall–Kier alpha value is -0.120. The highest BCUT2D eigenvalue weighted by Gasteiger charge is 2.50. The van der Waals surface area contributed by atoms with Crippen LogP contribution >= 0.6 is 0 Å². The quantitative estimate of drug-likeness (QED) is 0.857. The molecule has 1 N–H and O–H groups in total. The zero-order valence-corrected chi connectivity index (χ0v) is 13.6. The molecule has 116 valence electrons. The van der Waals surface area contributed by atoms with Crippen molar-refractivity contribution in [3.05, 3.63) is 0 Å². The van der Waals surface area contributed by atoms with Crippen molar-refractivity contribution in [1.82, 2.24) is 10.2 Å². The molecule has 0 aromatic rings. The molecule has 1 saturated heterocycles. The van der Waals surface area contributed by atoms with Gasteiger partial charge in [-0.1, -0.05) is 12.8 Å². The number of rotatable bonds is 4. The Labute approximate surface area is 124 Å². The van der Waals surface area contributed by atoms with Gasteiger partial charge in [-0.25, -0.2) is 0 Å². The highest BCUT2D eigenvalue weighted by atomic mass is 16.5. The number of likely N-dealkylation sites (N-methyl/N-ethyl adjacent to an activating group) is 2. The van der Waals surface area contributed by atoms with Crippen molar-refractivity contribution >= 4 is 0 Å². The van der Waals surface area contributed by atoms with Crippen molar-refractivity contribution in [1.29, 1.82) is 0 Å². The second-order valence-corrected chi connectivity index (χ2v) is 7.61. The molecule has 1 heterocycles. The van der Waals surface area contributed by atoms with Crippen LogP contribution in [-0.2, 0) is 4.74 Å². The standard InChI is InChI=1S/C17H32N2O/c1-18-15(17(19(2)3)10-4-5-11-17)14-7-12-20-16(13-14)8-6-9-16/h14-15,18H,4-13H2,1-3H3. The minimum atomic E-state index is 0.268. The van der Waals surface area contributed by atoms with E-state index in [4.69, 9.17) is 4.74 Å². The lowest BCUT2D eigenvalue weighted by Crippen LogP contribution is -2.62. The molecule has 0 aromatic carbocycles. The van der Waals surface area contributed by atoms with Gasteiger partial charge in [0, 0.05) is 18.2 Å². The molecule has 2 aliphatic carbocycles. The molecule has 3 fully saturated rings. The number of nitrogens with zero attached hydrogens (tertiary/aromatic N) is 1. The van der Waals surface area contributed by atoms with Crippen LogP contribution < -0.4 is 5.32 Å². The Morgan fingerprint density at radius 2 is 1.80 bits per heavy atom. The van der Waals surface area contributed by atoms with Gasteiger partial charge in [-0.3, -0.25) is 0 Å². The fourth-order valence-electron chi connectivity index (χ4n) is 5.24. The SMILES string of the molecule is CNC(C1CCOC2(CCC2)C1)C1(N(C)C)CCCC1. The van der Waals surface area contributed by atoms with E-state index in [9.17, 15) is 0 Å². The number of nitrogens with one attached hydrogen (secondary N) is 1. The summed E-state index contributed by atoms with van der Waals surface area (Å²) in [4.78, 5) is 2.52. The van der Waals surface area contributed by atoms with Crippen LogP contribution in [-0.4, -0.2) is 49.8 Å². The predicted octanol–water partition coefficient (Wildman–Crippen LogP) is 2.80. The van der Waals surface area contributed by atoms with E-state index < -0.39 is 0 Å². The van der Waals surface area contributed by atoms with Gasteiger partial charge in [-0.15, -0.1) is 0 Å². The van der Waals surface area contributed by atoms with Gasteiger partial charge in [0.15, 0.2) is 0 Å². The molecule has 1 aliphatic heterocycles. The van der Waals surface area contributed by atoms with Crippen LogP contribution in [0.5, 0.6) is 0 Å². The third kappa shape index (κ3) is 2.32. The van der Waals surface area contributed by atoms with Crippen molar-refractivity contribution in [3.8, 4) is 0 Å². The van der Waals surface area contributed by atoms with E-state index in [0.717, 1.165) is 12.5 Å². The van der Waals surface area contributed by atoms with Crippen molar-refractivity contribution in [3.63, 3.8) is 0 Å². The van der Waals surface area contributed by atoms with E-state index in [1.54, 1.807) is 0 Å². The van der Waals surface area contributed by atoms with Crippen LogP contribution in [0.25, 0.3) is 0 Å². The lowest BCUT2D eigenvalue weighted by atomic mass is 9.67. The summed E-state index contributed by atoms with van der Waals surface area (Å²) in [6, 6.07) is 0.626. The van der Waals surface area contributed by atoms with E-state index in [0.29, 0.717) is 11.6 Å². The molecule has 3 nitrogen and oxygen atoms in total. The van der Waals surface area contributed by atoms with Crippen LogP contribution in [0.3, 0.4) is 0 Å². The molecule has 2 atom stereocenters. The zero-order chi connectivity index (χ0) is 14.2. The van der Waals surface area contributed by atoms with Crippen LogP contribution in [0.15, 0.2) is 0 Å². The molecule has 2 unspecified atom stereocenters. The Morgan fingerprint density at radius 3 is 2.30 bits per heavy atom. The third-order valence-corrected chi connectivity index (χ3v) is 6.52. The molecule has 1 spiro atoms. The first-order valence-corrected chi connectivity index (χ1v) is 8.61. The first kappa shape index (κ1) is 14.8. The highest BCUT2D eigenvalue weighted by Crippen LogP contribution is 2.48. The van der Waals surface area contributed by atoms with E-state index in [1.807, 2.05) is 0 Å². The highest BCUT2D eigenvalue weighted by molar-refractivity contribution is 5.07. The van der Waals surface area contributed by atoms with Gasteiger partial charge in [0.05, 0.1) is 5.60 Å². The van der Waals surface area contributed by atoms with Gasteiger partial charge in [-0.2, -0.15) is 0 Å². The minimum Gasteiger partial charge on any atom is -0.375 e. The molecule has 2 saturated carbocycles. The summed E-state index contributed by atoms with van der Waals surface area (Å²) in [7, 11) is 6.75. The topological polar surface area (TPSA) is 24.5 Å². The molecule has 0 bridgehead atoms. The monoisotopic (exact) mass is 280 g/mol. The smallest absolute Gasteiger partial charge is 0.0685 e. The number of hydrogen-bond acceptors (Lipinski definition) is 3. The molecule has 3 rings (SSSR count). The molecule has 3 heteroatoms. The fraction of sp³-hybridized carbons (Fsp3) is 1.00.